The molecule has 1 atom stereocenters. The Kier molecular flexibility index (Phi) is 4.31. The second-order valence-corrected chi connectivity index (χ2v) is 4.61. The molecule has 18 heavy (non-hydrogen) atoms. The molecule has 2 rings (SSSR count). The molecule has 4 heteroatoms. The van der Waals surface area contributed by atoms with E-state index in [0.717, 1.165) is 17.2 Å². The Labute approximate surface area is 108 Å². The Hall–Kier alpha value is -1.42. The highest BCUT2D eigenvalue weighted by Gasteiger charge is 2.31. The van der Waals surface area contributed by atoms with Gasteiger partial charge in [-0.05, 0) is 30.9 Å². The molecule has 0 radical (unpaired) electrons. The van der Waals surface area contributed by atoms with Gasteiger partial charge in [-0.1, -0.05) is 0 Å². The van der Waals surface area contributed by atoms with Gasteiger partial charge in [-0.2, -0.15) is 0 Å². The number of anilines is 1. The third kappa shape index (κ3) is 3.07. The van der Waals surface area contributed by atoms with Gasteiger partial charge in [0.1, 0.15) is 11.5 Å². The summed E-state index contributed by atoms with van der Waals surface area (Å²) in [5.41, 5.74) is 0.964. The zero-order chi connectivity index (χ0) is 13.0. The van der Waals surface area contributed by atoms with Crippen LogP contribution in [0.25, 0.3) is 0 Å². The van der Waals surface area contributed by atoms with E-state index in [1.165, 1.54) is 12.8 Å². The molecule has 0 amide bonds. The van der Waals surface area contributed by atoms with E-state index in [0.29, 0.717) is 18.6 Å². The summed E-state index contributed by atoms with van der Waals surface area (Å²) in [5.74, 6) is 2.36. The molecule has 1 aliphatic carbocycles. The predicted octanol–water partition coefficient (Wildman–Crippen LogP) is 2.54. The monoisotopic (exact) mass is 251 g/mol. The average Bonchev–Trinajstić information content (AvgIpc) is 3.22. The largest absolute Gasteiger partial charge is 0.497 e. The molecule has 0 aromatic heterocycles. The Bertz CT molecular complexity index is 391. The summed E-state index contributed by atoms with van der Waals surface area (Å²) in [7, 11) is 5.08. The molecule has 0 heterocycles. The van der Waals surface area contributed by atoms with Crippen molar-refractivity contribution in [1.82, 2.24) is 0 Å². The van der Waals surface area contributed by atoms with Gasteiger partial charge in [0.25, 0.3) is 0 Å². The van der Waals surface area contributed by atoms with Crippen LogP contribution in [0.4, 0.5) is 5.69 Å². The van der Waals surface area contributed by atoms with Crippen molar-refractivity contribution in [2.75, 3.05) is 33.3 Å². The van der Waals surface area contributed by atoms with Crippen LogP contribution < -0.4 is 14.8 Å². The Morgan fingerprint density at radius 1 is 1.22 bits per heavy atom. The Morgan fingerprint density at radius 3 is 2.56 bits per heavy atom. The van der Waals surface area contributed by atoms with Crippen molar-refractivity contribution < 1.29 is 14.2 Å². The highest BCUT2D eigenvalue weighted by Crippen LogP contribution is 2.37. The summed E-state index contributed by atoms with van der Waals surface area (Å²) in [6.45, 7) is 0.713. The van der Waals surface area contributed by atoms with Crippen LogP contribution in [-0.4, -0.2) is 34.0 Å². The molecule has 0 bridgehead atoms. The molecule has 1 aromatic rings. The SMILES string of the molecule is COCC(Nc1cc(OC)ccc1OC)C1CC1. The third-order valence-electron chi connectivity index (χ3n) is 3.28. The zero-order valence-electron chi connectivity index (χ0n) is 11.2. The lowest BCUT2D eigenvalue weighted by Crippen LogP contribution is -2.27. The fourth-order valence-electron chi connectivity index (χ4n) is 2.10. The van der Waals surface area contributed by atoms with Gasteiger partial charge in [-0.15, -0.1) is 0 Å². The lowest BCUT2D eigenvalue weighted by molar-refractivity contribution is 0.179. The van der Waals surface area contributed by atoms with Crippen LogP contribution in [0.1, 0.15) is 12.8 Å². The van der Waals surface area contributed by atoms with Gasteiger partial charge in [0, 0.05) is 13.2 Å². The van der Waals surface area contributed by atoms with Gasteiger partial charge in [-0.3, -0.25) is 0 Å². The highest BCUT2D eigenvalue weighted by atomic mass is 16.5. The molecular weight excluding hydrogens is 230 g/mol. The fraction of sp³-hybridized carbons (Fsp3) is 0.571. The molecule has 4 nitrogen and oxygen atoms in total. The van der Waals surface area contributed by atoms with Crippen LogP contribution >= 0.6 is 0 Å². The number of ether oxygens (including phenoxy) is 3. The van der Waals surface area contributed by atoms with E-state index in [1.807, 2.05) is 18.2 Å². The van der Waals surface area contributed by atoms with Gasteiger partial charge < -0.3 is 19.5 Å². The first-order chi connectivity index (χ1) is 8.78. The van der Waals surface area contributed by atoms with Crippen LogP contribution in [0.5, 0.6) is 11.5 Å². The number of hydrogen-bond donors (Lipinski definition) is 1. The van der Waals surface area contributed by atoms with E-state index >= 15 is 0 Å². The molecule has 1 saturated carbocycles. The summed E-state index contributed by atoms with van der Waals surface area (Å²) >= 11 is 0. The average molecular weight is 251 g/mol. The van der Waals surface area contributed by atoms with Crippen LogP contribution in [0, 0.1) is 5.92 Å². The Morgan fingerprint density at radius 2 is 2.00 bits per heavy atom. The fourth-order valence-corrected chi connectivity index (χ4v) is 2.10. The van der Waals surface area contributed by atoms with E-state index < -0.39 is 0 Å². The van der Waals surface area contributed by atoms with Gasteiger partial charge in [0.05, 0.1) is 32.6 Å². The van der Waals surface area contributed by atoms with Crippen molar-refractivity contribution in [3.8, 4) is 11.5 Å². The van der Waals surface area contributed by atoms with Gasteiger partial charge in [0.15, 0.2) is 0 Å². The van der Waals surface area contributed by atoms with Crippen molar-refractivity contribution in [1.29, 1.82) is 0 Å². The van der Waals surface area contributed by atoms with Gasteiger partial charge >= 0.3 is 0 Å². The minimum Gasteiger partial charge on any atom is -0.497 e. The molecule has 1 unspecified atom stereocenters. The van der Waals surface area contributed by atoms with Crippen LogP contribution in [0.2, 0.25) is 0 Å². The van der Waals surface area contributed by atoms with Crippen molar-refractivity contribution >= 4 is 5.69 Å². The first kappa shape index (κ1) is 13.0. The molecule has 1 N–H and O–H groups in total. The number of nitrogens with one attached hydrogen (secondary N) is 1. The number of methoxy groups -OCH3 is 3. The Balaban J connectivity index is 2.14. The maximum Gasteiger partial charge on any atom is 0.142 e. The maximum absolute atomic E-state index is 5.37. The molecule has 100 valence electrons. The van der Waals surface area contributed by atoms with Crippen molar-refractivity contribution in [2.45, 2.75) is 18.9 Å². The zero-order valence-corrected chi connectivity index (χ0v) is 11.2. The van der Waals surface area contributed by atoms with E-state index in [1.54, 1.807) is 21.3 Å². The van der Waals surface area contributed by atoms with Gasteiger partial charge in [-0.25, -0.2) is 0 Å². The van der Waals surface area contributed by atoms with Crippen LogP contribution in [0.15, 0.2) is 18.2 Å². The normalized spacial score (nSPS) is 16.2. The lowest BCUT2D eigenvalue weighted by Gasteiger charge is -2.20. The predicted molar refractivity (Wildman–Crippen MR) is 71.6 cm³/mol. The second kappa shape index (κ2) is 5.96. The smallest absolute Gasteiger partial charge is 0.142 e. The third-order valence-corrected chi connectivity index (χ3v) is 3.28. The summed E-state index contributed by atoms with van der Waals surface area (Å²) < 4.78 is 15.9. The van der Waals surface area contributed by atoms with E-state index in [-0.39, 0.29) is 0 Å². The lowest BCUT2D eigenvalue weighted by atomic mass is 10.1. The first-order valence-corrected chi connectivity index (χ1v) is 6.26. The number of hydrogen-bond acceptors (Lipinski definition) is 4. The minimum absolute atomic E-state index is 0.344. The molecule has 0 saturated heterocycles. The quantitative estimate of drug-likeness (QED) is 0.808. The molecule has 1 fully saturated rings. The summed E-state index contributed by atoms with van der Waals surface area (Å²) in [5, 5.41) is 3.51. The molecule has 1 aliphatic rings. The standard InChI is InChI=1S/C14H21NO3/c1-16-9-13(10-4-5-10)15-12-8-11(17-2)6-7-14(12)18-3/h6-8,10,13,15H,4-5,9H2,1-3H3. The second-order valence-electron chi connectivity index (χ2n) is 4.61. The van der Waals surface area contributed by atoms with Crippen LogP contribution in [0.3, 0.4) is 0 Å². The number of benzene rings is 1. The summed E-state index contributed by atoms with van der Waals surface area (Å²) in [6.07, 6.45) is 2.54. The topological polar surface area (TPSA) is 39.7 Å². The maximum atomic E-state index is 5.37. The molecule has 1 aromatic carbocycles. The first-order valence-electron chi connectivity index (χ1n) is 6.26. The minimum atomic E-state index is 0.344. The molecule has 0 aliphatic heterocycles. The van der Waals surface area contributed by atoms with E-state index in [4.69, 9.17) is 14.2 Å². The number of rotatable bonds is 7. The molecule has 0 spiro atoms. The van der Waals surface area contributed by atoms with E-state index in [9.17, 15) is 0 Å². The van der Waals surface area contributed by atoms with Crippen molar-refractivity contribution in [3.63, 3.8) is 0 Å². The molecular formula is C14H21NO3. The summed E-state index contributed by atoms with van der Waals surface area (Å²) in [6, 6.07) is 6.12. The van der Waals surface area contributed by atoms with Crippen molar-refractivity contribution in [2.24, 2.45) is 5.92 Å². The highest BCUT2D eigenvalue weighted by molar-refractivity contribution is 5.60. The summed E-state index contributed by atoms with van der Waals surface area (Å²) in [4.78, 5) is 0. The van der Waals surface area contributed by atoms with Crippen molar-refractivity contribution in [3.05, 3.63) is 18.2 Å². The van der Waals surface area contributed by atoms with Gasteiger partial charge in [0.2, 0.25) is 0 Å². The van der Waals surface area contributed by atoms with E-state index in [2.05, 4.69) is 5.32 Å². The van der Waals surface area contributed by atoms with Crippen LogP contribution in [-0.2, 0) is 4.74 Å².